The van der Waals surface area contributed by atoms with Crippen molar-refractivity contribution in [3.05, 3.63) is 0 Å². The van der Waals surface area contributed by atoms with Crippen LogP contribution in [0.1, 0.15) is 71.1 Å². The molecule has 2 saturated carbocycles. The van der Waals surface area contributed by atoms with E-state index in [4.69, 9.17) is 0 Å². The number of hydrogen-bond donors (Lipinski definition) is 1. The highest BCUT2D eigenvalue weighted by Gasteiger charge is 2.35. The summed E-state index contributed by atoms with van der Waals surface area (Å²) < 4.78 is 0. The van der Waals surface area contributed by atoms with Crippen LogP contribution in [0.5, 0.6) is 0 Å². The molecule has 0 radical (unpaired) electrons. The Balaban J connectivity index is 1.48. The third-order valence-corrected chi connectivity index (χ3v) is 5.56. The SMILES string of the molecule is CCCCN(CC1CCC2CCCCC2N1)C1CC1. The van der Waals surface area contributed by atoms with Gasteiger partial charge in [0.1, 0.15) is 0 Å². The molecule has 0 spiro atoms. The van der Waals surface area contributed by atoms with E-state index in [1.807, 2.05) is 0 Å². The van der Waals surface area contributed by atoms with Crippen molar-refractivity contribution in [1.82, 2.24) is 10.2 Å². The molecule has 0 aromatic heterocycles. The summed E-state index contributed by atoms with van der Waals surface area (Å²) in [6.07, 6.45) is 14.4. The fraction of sp³-hybridized carbons (Fsp3) is 1.00. The second-order valence-corrected chi connectivity index (χ2v) is 7.17. The molecule has 3 fully saturated rings. The fourth-order valence-electron chi connectivity index (χ4n) is 4.22. The first-order chi connectivity index (χ1) is 9.36. The van der Waals surface area contributed by atoms with Crippen LogP contribution in [-0.2, 0) is 0 Å². The van der Waals surface area contributed by atoms with Crippen molar-refractivity contribution < 1.29 is 0 Å². The maximum absolute atomic E-state index is 4.00. The molecule has 0 amide bonds. The molecule has 3 unspecified atom stereocenters. The lowest BCUT2D eigenvalue weighted by Gasteiger charge is -2.42. The van der Waals surface area contributed by atoms with E-state index in [1.165, 1.54) is 77.3 Å². The molecule has 0 bridgehead atoms. The van der Waals surface area contributed by atoms with Crippen molar-refractivity contribution in [3.63, 3.8) is 0 Å². The van der Waals surface area contributed by atoms with Crippen LogP contribution in [0.15, 0.2) is 0 Å². The molecule has 1 heterocycles. The summed E-state index contributed by atoms with van der Waals surface area (Å²) in [5, 5.41) is 4.00. The van der Waals surface area contributed by atoms with Crippen LogP contribution in [-0.4, -0.2) is 36.1 Å². The highest BCUT2D eigenvalue weighted by Crippen LogP contribution is 2.33. The van der Waals surface area contributed by atoms with Gasteiger partial charge in [-0.1, -0.05) is 26.2 Å². The van der Waals surface area contributed by atoms with Gasteiger partial charge < -0.3 is 5.32 Å². The average molecular weight is 264 g/mol. The maximum atomic E-state index is 4.00. The van der Waals surface area contributed by atoms with E-state index in [9.17, 15) is 0 Å². The predicted molar refractivity (Wildman–Crippen MR) is 81.4 cm³/mol. The zero-order valence-corrected chi connectivity index (χ0v) is 12.7. The van der Waals surface area contributed by atoms with Crippen LogP contribution in [0.25, 0.3) is 0 Å². The molecule has 2 heteroatoms. The Morgan fingerprint density at radius 3 is 2.63 bits per heavy atom. The minimum absolute atomic E-state index is 0.789. The highest BCUT2D eigenvalue weighted by molar-refractivity contribution is 4.93. The Morgan fingerprint density at radius 1 is 1.00 bits per heavy atom. The van der Waals surface area contributed by atoms with E-state index >= 15 is 0 Å². The van der Waals surface area contributed by atoms with Crippen molar-refractivity contribution in [2.24, 2.45) is 5.92 Å². The van der Waals surface area contributed by atoms with Gasteiger partial charge in [-0.3, -0.25) is 4.90 Å². The highest BCUT2D eigenvalue weighted by atomic mass is 15.2. The lowest BCUT2D eigenvalue weighted by atomic mass is 9.77. The number of hydrogen-bond acceptors (Lipinski definition) is 2. The first-order valence-electron chi connectivity index (χ1n) is 8.87. The smallest absolute Gasteiger partial charge is 0.0197 e. The van der Waals surface area contributed by atoms with Crippen LogP contribution in [0.3, 0.4) is 0 Å². The predicted octanol–water partition coefficient (Wildman–Crippen LogP) is 3.56. The second kappa shape index (κ2) is 6.58. The summed E-state index contributed by atoms with van der Waals surface area (Å²) in [6, 6.07) is 2.59. The second-order valence-electron chi connectivity index (χ2n) is 7.17. The van der Waals surface area contributed by atoms with Crippen LogP contribution in [0, 0.1) is 5.92 Å². The zero-order chi connectivity index (χ0) is 13.1. The van der Waals surface area contributed by atoms with Gasteiger partial charge in [0.15, 0.2) is 0 Å². The van der Waals surface area contributed by atoms with Gasteiger partial charge in [-0.15, -0.1) is 0 Å². The molecular weight excluding hydrogens is 232 g/mol. The molecule has 3 aliphatic rings. The molecule has 3 atom stereocenters. The summed E-state index contributed by atoms with van der Waals surface area (Å²) in [7, 11) is 0. The minimum Gasteiger partial charge on any atom is -0.310 e. The lowest BCUT2D eigenvalue weighted by molar-refractivity contribution is 0.140. The lowest BCUT2D eigenvalue weighted by Crippen LogP contribution is -2.53. The third-order valence-electron chi connectivity index (χ3n) is 5.56. The van der Waals surface area contributed by atoms with E-state index in [0.717, 1.165) is 24.0 Å². The van der Waals surface area contributed by atoms with Crippen LogP contribution < -0.4 is 5.32 Å². The topological polar surface area (TPSA) is 15.3 Å². The van der Waals surface area contributed by atoms with Crippen molar-refractivity contribution >= 4 is 0 Å². The number of rotatable bonds is 6. The standard InChI is InChI=1S/C17H32N2/c1-2-3-12-19(16-10-11-16)13-15-9-8-14-6-4-5-7-17(14)18-15/h14-18H,2-13H2,1H3. The van der Waals surface area contributed by atoms with E-state index in [0.29, 0.717) is 0 Å². The summed E-state index contributed by atoms with van der Waals surface area (Å²) in [6.45, 7) is 4.98. The number of nitrogens with one attached hydrogen (secondary N) is 1. The Kier molecular flexibility index (Phi) is 4.81. The van der Waals surface area contributed by atoms with Crippen LogP contribution in [0.4, 0.5) is 0 Å². The van der Waals surface area contributed by atoms with E-state index in [-0.39, 0.29) is 0 Å². The van der Waals surface area contributed by atoms with Gasteiger partial charge in [-0.05, 0) is 57.4 Å². The average Bonchev–Trinajstić information content (AvgIpc) is 3.28. The quantitative estimate of drug-likeness (QED) is 0.789. The van der Waals surface area contributed by atoms with E-state index < -0.39 is 0 Å². The third kappa shape index (κ3) is 3.72. The fourth-order valence-corrected chi connectivity index (χ4v) is 4.22. The largest absolute Gasteiger partial charge is 0.310 e. The summed E-state index contributed by atoms with van der Waals surface area (Å²) >= 11 is 0. The number of nitrogens with zero attached hydrogens (tertiary/aromatic N) is 1. The Labute approximate surface area is 119 Å². The maximum Gasteiger partial charge on any atom is 0.0197 e. The normalized spacial score (nSPS) is 35.4. The van der Waals surface area contributed by atoms with E-state index in [1.54, 1.807) is 0 Å². The van der Waals surface area contributed by atoms with Crippen molar-refractivity contribution in [3.8, 4) is 0 Å². The van der Waals surface area contributed by atoms with Gasteiger partial charge >= 0.3 is 0 Å². The van der Waals surface area contributed by atoms with Gasteiger partial charge in [0.2, 0.25) is 0 Å². The summed E-state index contributed by atoms with van der Waals surface area (Å²) in [5.41, 5.74) is 0. The molecule has 110 valence electrons. The number of unbranched alkanes of at least 4 members (excludes halogenated alkanes) is 1. The molecule has 1 aliphatic heterocycles. The van der Waals surface area contributed by atoms with Crippen LogP contribution in [0.2, 0.25) is 0 Å². The Bertz CT molecular complexity index is 274. The number of fused-ring (bicyclic) bond motifs is 1. The van der Waals surface area contributed by atoms with Crippen molar-refractivity contribution in [1.29, 1.82) is 0 Å². The van der Waals surface area contributed by atoms with Crippen molar-refractivity contribution in [2.75, 3.05) is 13.1 Å². The van der Waals surface area contributed by atoms with Gasteiger partial charge in [-0.25, -0.2) is 0 Å². The Hall–Kier alpha value is -0.0800. The molecular formula is C17H32N2. The molecule has 0 aromatic carbocycles. The van der Waals surface area contributed by atoms with Gasteiger partial charge in [0.25, 0.3) is 0 Å². The molecule has 1 N–H and O–H groups in total. The minimum atomic E-state index is 0.789. The van der Waals surface area contributed by atoms with Gasteiger partial charge in [-0.2, -0.15) is 0 Å². The number of piperidine rings is 1. The first kappa shape index (κ1) is 13.9. The van der Waals surface area contributed by atoms with Gasteiger partial charge in [0, 0.05) is 24.7 Å². The Morgan fingerprint density at radius 2 is 1.84 bits per heavy atom. The van der Waals surface area contributed by atoms with Gasteiger partial charge in [0.05, 0.1) is 0 Å². The molecule has 0 aromatic rings. The molecule has 19 heavy (non-hydrogen) atoms. The van der Waals surface area contributed by atoms with Crippen molar-refractivity contribution in [2.45, 2.75) is 89.3 Å². The summed E-state index contributed by atoms with van der Waals surface area (Å²) in [5.74, 6) is 1.01. The zero-order valence-electron chi connectivity index (χ0n) is 12.7. The molecule has 2 aliphatic carbocycles. The van der Waals surface area contributed by atoms with E-state index in [2.05, 4.69) is 17.1 Å². The summed E-state index contributed by atoms with van der Waals surface area (Å²) in [4.78, 5) is 2.80. The molecule has 3 rings (SSSR count). The van der Waals surface area contributed by atoms with Crippen LogP contribution >= 0.6 is 0 Å². The first-order valence-corrected chi connectivity index (χ1v) is 8.87. The molecule has 2 nitrogen and oxygen atoms in total. The monoisotopic (exact) mass is 264 g/mol. The molecule has 1 saturated heterocycles.